The lowest BCUT2D eigenvalue weighted by Crippen LogP contribution is -2.39. The standard InChI is InChI=1S/C13H20INO4/c14-7-6-11-12(16)19-9-15(11)13(17)18-8-10-4-2-1-3-5-10/h10-11H,1-9H2/t11-/m0/s1. The Morgan fingerprint density at radius 3 is 2.79 bits per heavy atom. The topological polar surface area (TPSA) is 55.8 Å². The Balaban J connectivity index is 1.79. The number of carbonyl (C=O) groups excluding carboxylic acids is 2. The van der Waals surface area contributed by atoms with Crippen molar-refractivity contribution in [3.05, 3.63) is 0 Å². The second kappa shape index (κ2) is 7.31. The van der Waals surface area contributed by atoms with Gasteiger partial charge < -0.3 is 9.47 Å². The molecule has 108 valence electrons. The number of hydrogen-bond acceptors (Lipinski definition) is 4. The van der Waals surface area contributed by atoms with Gasteiger partial charge in [0.25, 0.3) is 0 Å². The number of nitrogens with zero attached hydrogens (tertiary/aromatic N) is 1. The van der Waals surface area contributed by atoms with Crippen molar-refractivity contribution in [2.75, 3.05) is 17.8 Å². The molecule has 1 saturated carbocycles. The van der Waals surface area contributed by atoms with E-state index in [1.165, 1.54) is 24.2 Å². The number of esters is 1. The second-order valence-corrected chi connectivity index (χ2v) is 6.22. The minimum atomic E-state index is -0.462. The van der Waals surface area contributed by atoms with Crippen LogP contribution in [0.1, 0.15) is 38.5 Å². The van der Waals surface area contributed by atoms with Crippen molar-refractivity contribution < 1.29 is 19.1 Å². The van der Waals surface area contributed by atoms with E-state index in [9.17, 15) is 9.59 Å². The molecule has 6 heteroatoms. The molecule has 1 aliphatic carbocycles. The molecule has 0 spiro atoms. The largest absolute Gasteiger partial charge is 0.449 e. The highest BCUT2D eigenvalue weighted by molar-refractivity contribution is 14.1. The zero-order valence-corrected chi connectivity index (χ0v) is 13.1. The van der Waals surface area contributed by atoms with Crippen molar-refractivity contribution in [3.63, 3.8) is 0 Å². The molecule has 2 aliphatic rings. The number of halogens is 1. The first-order chi connectivity index (χ1) is 9.22. The van der Waals surface area contributed by atoms with Crippen molar-refractivity contribution in [2.24, 2.45) is 5.92 Å². The van der Waals surface area contributed by atoms with Crippen LogP contribution in [0, 0.1) is 5.92 Å². The summed E-state index contributed by atoms with van der Waals surface area (Å²) >= 11 is 2.19. The summed E-state index contributed by atoms with van der Waals surface area (Å²) in [6.07, 6.45) is 6.23. The quantitative estimate of drug-likeness (QED) is 0.427. The van der Waals surface area contributed by atoms with Gasteiger partial charge in [-0.05, 0) is 25.2 Å². The van der Waals surface area contributed by atoms with Crippen molar-refractivity contribution >= 4 is 34.7 Å². The molecule has 5 nitrogen and oxygen atoms in total. The van der Waals surface area contributed by atoms with Gasteiger partial charge in [-0.15, -0.1) is 0 Å². The van der Waals surface area contributed by atoms with Crippen molar-refractivity contribution in [1.82, 2.24) is 4.90 Å². The minimum Gasteiger partial charge on any atom is -0.449 e. The lowest BCUT2D eigenvalue weighted by molar-refractivity contribution is -0.139. The van der Waals surface area contributed by atoms with E-state index in [2.05, 4.69) is 22.6 Å². The summed E-state index contributed by atoms with van der Waals surface area (Å²) in [6.45, 7) is 0.504. The Labute approximate surface area is 127 Å². The first kappa shape index (κ1) is 14.9. The number of carbonyl (C=O) groups is 2. The monoisotopic (exact) mass is 381 g/mol. The Kier molecular flexibility index (Phi) is 5.72. The summed E-state index contributed by atoms with van der Waals surface area (Å²) in [6, 6.07) is -0.462. The highest BCUT2D eigenvalue weighted by Crippen LogP contribution is 2.24. The fraction of sp³-hybridized carbons (Fsp3) is 0.846. The van der Waals surface area contributed by atoms with E-state index in [1.807, 2.05) is 0 Å². The predicted octanol–water partition coefficient (Wildman–Crippen LogP) is 2.71. The van der Waals surface area contributed by atoms with Crippen LogP contribution in [0.4, 0.5) is 4.79 Å². The van der Waals surface area contributed by atoms with E-state index in [-0.39, 0.29) is 12.7 Å². The Hall–Kier alpha value is -0.530. The third-order valence-electron chi connectivity index (χ3n) is 3.78. The summed E-state index contributed by atoms with van der Waals surface area (Å²) in [7, 11) is 0. The van der Waals surface area contributed by atoms with E-state index < -0.39 is 12.1 Å². The molecule has 1 aliphatic heterocycles. The van der Waals surface area contributed by atoms with E-state index >= 15 is 0 Å². The first-order valence-corrected chi connectivity index (χ1v) is 8.41. The number of alkyl halides is 1. The second-order valence-electron chi connectivity index (χ2n) is 5.14. The fourth-order valence-corrected chi connectivity index (χ4v) is 3.22. The molecule has 1 amide bonds. The minimum absolute atomic E-state index is 0.0314. The van der Waals surface area contributed by atoms with Gasteiger partial charge in [0.2, 0.25) is 0 Å². The SMILES string of the molecule is O=C1OCN(C(=O)OCC2CCCCC2)[C@H]1CCI. The molecular formula is C13H20INO4. The molecule has 0 bridgehead atoms. The molecule has 2 fully saturated rings. The maximum atomic E-state index is 12.0. The highest BCUT2D eigenvalue weighted by Gasteiger charge is 2.38. The molecule has 2 rings (SSSR count). The van der Waals surface area contributed by atoms with E-state index in [0.29, 0.717) is 18.9 Å². The maximum Gasteiger partial charge on any atom is 0.413 e. The van der Waals surface area contributed by atoms with Crippen LogP contribution in [0.5, 0.6) is 0 Å². The fourth-order valence-electron chi connectivity index (χ4n) is 2.63. The molecule has 0 unspecified atom stereocenters. The zero-order chi connectivity index (χ0) is 13.7. The van der Waals surface area contributed by atoms with Gasteiger partial charge in [0.05, 0.1) is 6.61 Å². The molecule has 19 heavy (non-hydrogen) atoms. The van der Waals surface area contributed by atoms with Crippen LogP contribution in [-0.4, -0.2) is 40.8 Å². The molecular weight excluding hydrogens is 361 g/mol. The van der Waals surface area contributed by atoms with Gasteiger partial charge in [-0.25, -0.2) is 9.59 Å². The van der Waals surface area contributed by atoms with Gasteiger partial charge in [-0.2, -0.15) is 0 Å². The maximum absolute atomic E-state index is 12.0. The molecule has 0 aromatic carbocycles. The summed E-state index contributed by atoms with van der Waals surface area (Å²) in [5, 5.41) is 0. The summed E-state index contributed by atoms with van der Waals surface area (Å²) in [5.41, 5.74) is 0. The number of amides is 1. The van der Waals surface area contributed by atoms with Gasteiger partial charge in [0.1, 0.15) is 6.04 Å². The number of cyclic esters (lactones) is 1. The lowest BCUT2D eigenvalue weighted by atomic mass is 9.90. The van der Waals surface area contributed by atoms with Crippen molar-refractivity contribution in [1.29, 1.82) is 0 Å². The van der Waals surface area contributed by atoms with Crippen molar-refractivity contribution in [3.8, 4) is 0 Å². The summed E-state index contributed by atoms with van der Waals surface area (Å²) in [4.78, 5) is 24.9. The highest BCUT2D eigenvalue weighted by atomic mass is 127. The average Bonchev–Trinajstić information content (AvgIpc) is 2.80. The van der Waals surface area contributed by atoms with Crippen LogP contribution in [0.2, 0.25) is 0 Å². The van der Waals surface area contributed by atoms with Gasteiger partial charge in [0.15, 0.2) is 6.73 Å². The van der Waals surface area contributed by atoms with Crippen LogP contribution in [0.3, 0.4) is 0 Å². The van der Waals surface area contributed by atoms with Crippen molar-refractivity contribution in [2.45, 2.75) is 44.6 Å². The van der Waals surface area contributed by atoms with Gasteiger partial charge in [-0.3, -0.25) is 4.90 Å². The van der Waals surface area contributed by atoms with E-state index in [4.69, 9.17) is 9.47 Å². The predicted molar refractivity (Wildman–Crippen MR) is 78.0 cm³/mol. The average molecular weight is 381 g/mol. The summed E-state index contributed by atoms with van der Waals surface area (Å²) < 4.78 is 11.1. The Bertz CT molecular complexity index is 331. The molecule has 0 N–H and O–H groups in total. The molecule has 0 aromatic heterocycles. The zero-order valence-electron chi connectivity index (χ0n) is 11.0. The van der Waals surface area contributed by atoms with Crippen LogP contribution in [0.15, 0.2) is 0 Å². The van der Waals surface area contributed by atoms with Crippen LogP contribution in [0.25, 0.3) is 0 Å². The molecule has 1 atom stereocenters. The van der Waals surface area contributed by atoms with E-state index in [1.54, 1.807) is 0 Å². The smallest absolute Gasteiger partial charge is 0.413 e. The Morgan fingerprint density at radius 2 is 2.11 bits per heavy atom. The van der Waals surface area contributed by atoms with Crippen LogP contribution < -0.4 is 0 Å². The Morgan fingerprint density at radius 1 is 1.37 bits per heavy atom. The van der Waals surface area contributed by atoms with Gasteiger partial charge >= 0.3 is 12.1 Å². The number of ether oxygens (including phenoxy) is 2. The third-order valence-corrected chi connectivity index (χ3v) is 4.40. The third kappa shape index (κ3) is 3.97. The summed E-state index contributed by atoms with van der Waals surface area (Å²) in [5.74, 6) is 0.172. The van der Waals surface area contributed by atoms with Crippen LogP contribution >= 0.6 is 22.6 Å². The normalized spacial score (nSPS) is 24.4. The molecule has 1 heterocycles. The van der Waals surface area contributed by atoms with E-state index in [0.717, 1.165) is 17.3 Å². The molecule has 0 aromatic rings. The molecule has 1 saturated heterocycles. The first-order valence-electron chi connectivity index (χ1n) is 6.88. The molecule has 0 radical (unpaired) electrons. The van der Waals surface area contributed by atoms with Crippen LogP contribution in [-0.2, 0) is 14.3 Å². The number of rotatable bonds is 4. The lowest BCUT2D eigenvalue weighted by Gasteiger charge is -2.24. The van der Waals surface area contributed by atoms with Gasteiger partial charge in [0, 0.05) is 4.43 Å². The number of hydrogen-bond donors (Lipinski definition) is 0. The van der Waals surface area contributed by atoms with Gasteiger partial charge in [-0.1, -0.05) is 41.9 Å².